The van der Waals surface area contributed by atoms with Gasteiger partial charge < -0.3 is 15.0 Å². The number of hydrogen-bond acceptors (Lipinski definition) is 3. The third kappa shape index (κ3) is 5.20. The summed E-state index contributed by atoms with van der Waals surface area (Å²) in [5.41, 5.74) is -0.852. The molecular formula is C12H18F2N2O2S. The van der Waals surface area contributed by atoms with Crippen molar-refractivity contribution < 1.29 is 18.7 Å². The minimum atomic E-state index is -2.52. The van der Waals surface area contributed by atoms with Gasteiger partial charge in [-0.3, -0.25) is 4.79 Å². The maximum absolute atomic E-state index is 12.3. The number of halogens is 2. The van der Waals surface area contributed by atoms with Gasteiger partial charge in [-0.05, 0) is 25.3 Å². The Morgan fingerprint density at radius 2 is 2.32 bits per heavy atom. The van der Waals surface area contributed by atoms with Gasteiger partial charge in [-0.2, -0.15) is 11.8 Å². The second-order valence-electron chi connectivity index (χ2n) is 4.55. The quantitative estimate of drug-likeness (QED) is 0.802. The Morgan fingerprint density at radius 1 is 1.63 bits per heavy atom. The highest BCUT2D eigenvalue weighted by Crippen LogP contribution is 2.10. The van der Waals surface area contributed by atoms with Crippen LogP contribution in [-0.4, -0.2) is 46.2 Å². The van der Waals surface area contributed by atoms with Gasteiger partial charge in [0.25, 0.3) is 12.3 Å². The molecule has 1 amide bonds. The predicted molar refractivity (Wildman–Crippen MR) is 71.8 cm³/mol. The van der Waals surface area contributed by atoms with Crippen molar-refractivity contribution in [1.82, 2.24) is 9.88 Å². The van der Waals surface area contributed by atoms with Crippen LogP contribution in [0.15, 0.2) is 18.3 Å². The van der Waals surface area contributed by atoms with E-state index in [1.807, 2.05) is 6.26 Å². The molecule has 0 radical (unpaired) electrons. The third-order valence-corrected chi connectivity index (χ3v) is 3.39. The molecule has 0 aliphatic heterocycles. The number of carbonyl (C=O) groups is 1. The highest BCUT2D eigenvalue weighted by molar-refractivity contribution is 7.98. The molecule has 108 valence electrons. The second kappa shape index (κ2) is 6.91. The highest BCUT2D eigenvalue weighted by atomic mass is 32.2. The lowest BCUT2D eigenvalue weighted by atomic mass is 10.1. The second-order valence-corrected chi connectivity index (χ2v) is 5.42. The van der Waals surface area contributed by atoms with Crippen LogP contribution in [0.25, 0.3) is 0 Å². The van der Waals surface area contributed by atoms with Crippen LogP contribution in [0.2, 0.25) is 0 Å². The molecule has 1 heterocycles. The molecule has 4 nitrogen and oxygen atoms in total. The topological polar surface area (TPSA) is 54.3 Å². The molecule has 0 saturated heterocycles. The van der Waals surface area contributed by atoms with Crippen molar-refractivity contribution in [1.29, 1.82) is 0 Å². The Morgan fingerprint density at radius 3 is 2.89 bits per heavy atom. The molecule has 7 heteroatoms. The molecule has 1 unspecified atom stereocenters. The minimum Gasteiger partial charge on any atom is -0.387 e. The number of thioether (sulfide) groups is 1. The largest absolute Gasteiger partial charge is 0.387 e. The van der Waals surface area contributed by atoms with Crippen LogP contribution in [0.4, 0.5) is 8.78 Å². The lowest BCUT2D eigenvalue weighted by Crippen LogP contribution is -2.42. The van der Waals surface area contributed by atoms with Gasteiger partial charge in [0, 0.05) is 18.5 Å². The molecule has 1 atom stereocenters. The van der Waals surface area contributed by atoms with Crippen LogP contribution < -0.4 is 5.32 Å². The smallest absolute Gasteiger partial charge is 0.268 e. The van der Waals surface area contributed by atoms with E-state index in [4.69, 9.17) is 0 Å². The van der Waals surface area contributed by atoms with E-state index in [-0.39, 0.29) is 12.2 Å². The van der Waals surface area contributed by atoms with Crippen molar-refractivity contribution in [3.05, 3.63) is 24.0 Å². The Labute approximate surface area is 115 Å². The Balaban J connectivity index is 2.61. The molecule has 2 N–H and O–H groups in total. The summed E-state index contributed by atoms with van der Waals surface area (Å²) in [6.45, 7) is 1.17. The maximum atomic E-state index is 12.3. The molecule has 0 spiro atoms. The van der Waals surface area contributed by atoms with Crippen LogP contribution in [0.5, 0.6) is 0 Å². The first kappa shape index (κ1) is 16.0. The predicted octanol–water partition coefficient (Wildman–Crippen LogP) is 1.60. The van der Waals surface area contributed by atoms with Crippen molar-refractivity contribution >= 4 is 17.7 Å². The summed E-state index contributed by atoms with van der Waals surface area (Å²) in [4.78, 5) is 11.9. The first-order chi connectivity index (χ1) is 8.85. The lowest BCUT2D eigenvalue weighted by Gasteiger charge is -2.22. The molecule has 19 heavy (non-hydrogen) atoms. The summed E-state index contributed by atoms with van der Waals surface area (Å²) in [6, 6.07) is 3.01. The van der Waals surface area contributed by atoms with Crippen molar-refractivity contribution in [2.75, 3.05) is 18.6 Å². The van der Waals surface area contributed by atoms with Gasteiger partial charge in [0.1, 0.15) is 5.69 Å². The molecule has 1 rings (SSSR count). The van der Waals surface area contributed by atoms with Crippen LogP contribution in [0, 0.1) is 0 Å². The van der Waals surface area contributed by atoms with Gasteiger partial charge in [-0.25, -0.2) is 8.78 Å². The molecule has 0 bridgehead atoms. The number of amides is 1. The molecule has 1 aromatic heterocycles. The number of nitrogens with one attached hydrogen (secondary N) is 1. The van der Waals surface area contributed by atoms with Crippen LogP contribution in [-0.2, 0) is 6.54 Å². The van der Waals surface area contributed by atoms with E-state index in [0.717, 1.165) is 0 Å². The van der Waals surface area contributed by atoms with E-state index in [1.54, 1.807) is 6.92 Å². The Kier molecular flexibility index (Phi) is 5.81. The summed E-state index contributed by atoms with van der Waals surface area (Å²) in [6.07, 6.45) is 0.768. The molecule has 0 fully saturated rings. The number of carbonyl (C=O) groups excluding carboxylic acids is 1. The molecule has 1 aromatic rings. The summed E-state index contributed by atoms with van der Waals surface area (Å²) in [5, 5.41) is 12.5. The van der Waals surface area contributed by atoms with E-state index in [2.05, 4.69) is 5.32 Å². The van der Waals surface area contributed by atoms with Crippen molar-refractivity contribution in [3.8, 4) is 0 Å². The summed E-state index contributed by atoms with van der Waals surface area (Å²) >= 11 is 1.46. The van der Waals surface area contributed by atoms with Gasteiger partial charge in [0.2, 0.25) is 0 Å². The number of nitrogens with zero attached hydrogens (tertiary/aromatic N) is 1. The normalized spacial score (nSPS) is 14.4. The molecule has 0 aliphatic carbocycles. The molecule has 0 aliphatic rings. The first-order valence-electron chi connectivity index (χ1n) is 5.78. The zero-order chi connectivity index (χ0) is 14.5. The van der Waals surface area contributed by atoms with Crippen molar-refractivity contribution in [2.45, 2.75) is 25.5 Å². The summed E-state index contributed by atoms with van der Waals surface area (Å²) in [7, 11) is 0. The number of aliphatic hydroxyl groups is 1. The fourth-order valence-corrected chi connectivity index (χ4v) is 2.38. The third-order valence-electron chi connectivity index (χ3n) is 2.48. The fourth-order valence-electron chi connectivity index (χ4n) is 1.65. The minimum absolute atomic E-state index is 0.0759. The highest BCUT2D eigenvalue weighted by Gasteiger charge is 2.22. The van der Waals surface area contributed by atoms with Gasteiger partial charge in [-0.15, -0.1) is 0 Å². The first-order valence-corrected chi connectivity index (χ1v) is 7.18. The Hall–Kier alpha value is -1.08. The van der Waals surface area contributed by atoms with Crippen molar-refractivity contribution in [2.24, 2.45) is 0 Å². The fraction of sp³-hybridized carbons (Fsp3) is 0.583. The SMILES string of the molecule is CSCC(C)(O)CNC(=O)c1cccn1CC(F)F. The van der Waals surface area contributed by atoms with Crippen LogP contribution in [0.3, 0.4) is 0 Å². The number of hydrogen-bond donors (Lipinski definition) is 2. The summed E-state index contributed by atoms with van der Waals surface area (Å²) < 4.78 is 25.8. The van der Waals surface area contributed by atoms with Gasteiger partial charge in [0.15, 0.2) is 0 Å². The Bertz CT molecular complexity index is 422. The number of alkyl halides is 2. The van der Waals surface area contributed by atoms with E-state index < -0.39 is 24.5 Å². The zero-order valence-corrected chi connectivity index (χ0v) is 11.7. The van der Waals surface area contributed by atoms with Gasteiger partial charge in [-0.1, -0.05) is 0 Å². The monoisotopic (exact) mass is 292 g/mol. The lowest BCUT2D eigenvalue weighted by molar-refractivity contribution is 0.0714. The number of rotatable bonds is 7. The van der Waals surface area contributed by atoms with E-state index in [0.29, 0.717) is 5.75 Å². The number of aromatic nitrogens is 1. The maximum Gasteiger partial charge on any atom is 0.268 e. The molecule has 0 aromatic carbocycles. The average Bonchev–Trinajstić information content (AvgIpc) is 2.73. The van der Waals surface area contributed by atoms with Crippen molar-refractivity contribution in [3.63, 3.8) is 0 Å². The van der Waals surface area contributed by atoms with Gasteiger partial charge >= 0.3 is 0 Å². The zero-order valence-electron chi connectivity index (χ0n) is 10.9. The average molecular weight is 292 g/mol. The standard InChI is InChI=1S/C12H18F2N2O2S/c1-12(18,8-19-2)7-15-11(17)9-4-3-5-16(9)6-10(13)14/h3-5,10,18H,6-8H2,1-2H3,(H,15,17). The van der Waals surface area contributed by atoms with E-state index in [9.17, 15) is 18.7 Å². The van der Waals surface area contributed by atoms with Crippen LogP contribution in [0.1, 0.15) is 17.4 Å². The van der Waals surface area contributed by atoms with Gasteiger partial charge in [0.05, 0.1) is 12.1 Å². The van der Waals surface area contributed by atoms with Crippen LogP contribution >= 0.6 is 11.8 Å². The summed E-state index contributed by atoms with van der Waals surface area (Å²) in [5.74, 6) is 0.0118. The molecular weight excluding hydrogens is 274 g/mol. The molecule has 0 saturated carbocycles. The van der Waals surface area contributed by atoms with E-state index >= 15 is 0 Å². The van der Waals surface area contributed by atoms with E-state index in [1.165, 1.54) is 34.7 Å².